The van der Waals surface area contributed by atoms with Crippen LogP contribution in [0.4, 0.5) is 5.69 Å². The van der Waals surface area contributed by atoms with Crippen LogP contribution in [0.1, 0.15) is 20.7 Å². The van der Waals surface area contributed by atoms with E-state index in [-0.39, 0.29) is 11.6 Å². The maximum Gasteiger partial charge on any atom is 0.212 e. The van der Waals surface area contributed by atoms with Gasteiger partial charge in [-0.15, -0.1) is 0 Å². The first kappa shape index (κ1) is 17.2. The van der Waals surface area contributed by atoms with Gasteiger partial charge in [0.15, 0.2) is 0 Å². The van der Waals surface area contributed by atoms with Gasteiger partial charge in [0.2, 0.25) is 11.6 Å². The minimum absolute atomic E-state index is 0.116. The fraction of sp³-hybridized carbons (Fsp3) is 0.200. The van der Waals surface area contributed by atoms with E-state index in [9.17, 15) is 9.59 Å². The van der Waals surface area contributed by atoms with E-state index in [1.807, 2.05) is 29.2 Å². The fourth-order valence-electron chi connectivity index (χ4n) is 3.24. The third-order valence-electron chi connectivity index (χ3n) is 4.54. The van der Waals surface area contributed by atoms with Gasteiger partial charge >= 0.3 is 0 Å². The molecule has 0 bridgehead atoms. The number of halogens is 1. The molecule has 2 aromatic carbocycles. The summed E-state index contributed by atoms with van der Waals surface area (Å²) in [6, 6.07) is 14.7. The topological polar surface area (TPSA) is 58.6 Å². The zero-order valence-corrected chi connectivity index (χ0v) is 16.2. The van der Waals surface area contributed by atoms with Crippen LogP contribution in [0.5, 0.6) is 0 Å². The molecule has 1 heterocycles. The summed E-state index contributed by atoms with van der Waals surface area (Å²) in [4.78, 5) is 28.3. The summed E-state index contributed by atoms with van der Waals surface area (Å²) in [6.45, 7) is 2.27. The summed E-state index contributed by atoms with van der Waals surface area (Å²) in [5, 5.41) is 3.20. The van der Waals surface area contributed by atoms with Crippen LogP contribution in [-0.4, -0.2) is 42.8 Å². The molecule has 26 heavy (non-hydrogen) atoms. The van der Waals surface area contributed by atoms with Crippen LogP contribution in [0.2, 0.25) is 0 Å². The molecule has 132 valence electrons. The number of benzene rings is 2. The number of allylic oxidation sites excluding steroid dienone is 2. The Morgan fingerprint density at radius 3 is 2.15 bits per heavy atom. The molecule has 1 aliphatic heterocycles. The van der Waals surface area contributed by atoms with Gasteiger partial charge in [-0.25, -0.2) is 0 Å². The third kappa shape index (κ3) is 3.14. The molecule has 0 aromatic heterocycles. The number of nitrogens with one attached hydrogen (secondary N) is 1. The van der Waals surface area contributed by atoms with Crippen molar-refractivity contribution in [3.05, 3.63) is 74.6 Å². The predicted octanol–water partition coefficient (Wildman–Crippen LogP) is 3.33. The van der Waals surface area contributed by atoms with Gasteiger partial charge in [-0.05, 0) is 46.9 Å². The number of morpholine rings is 1. The molecule has 0 saturated carbocycles. The molecule has 5 nitrogen and oxygen atoms in total. The number of fused-ring (bicyclic) bond motifs is 1. The fourth-order valence-corrected chi connectivity index (χ4v) is 3.60. The minimum atomic E-state index is -0.153. The minimum Gasteiger partial charge on any atom is -0.378 e. The number of ether oxygens (including phenoxy) is 1. The molecule has 6 heteroatoms. The largest absolute Gasteiger partial charge is 0.378 e. The number of carbonyl (C=O) groups excluding carboxylic acids is 2. The van der Waals surface area contributed by atoms with Crippen LogP contribution in [0.25, 0.3) is 0 Å². The van der Waals surface area contributed by atoms with E-state index in [1.165, 1.54) is 0 Å². The van der Waals surface area contributed by atoms with Crippen molar-refractivity contribution in [2.24, 2.45) is 0 Å². The van der Waals surface area contributed by atoms with Crippen LogP contribution in [-0.2, 0) is 4.74 Å². The highest BCUT2D eigenvalue weighted by atomic mass is 127. The summed E-state index contributed by atoms with van der Waals surface area (Å²) < 4.78 is 6.51. The first-order valence-electron chi connectivity index (χ1n) is 8.43. The van der Waals surface area contributed by atoms with Gasteiger partial charge in [0, 0.05) is 33.5 Å². The second-order valence-corrected chi connectivity index (χ2v) is 7.40. The quantitative estimate of drug-likeness (QED) is 0.713. The standard InChI is InChI=1S/C20H17IN2O3/c21-13-5-7-14(8-6-13)22-17-18(23-9-11-26-12-10-23)20(25)16-4-2-1-3-15(16)19(17)24/h1-8,22H,9-12H2. The summed E-state index contributed by atoms with van der Waals surface area (Å²) in [5.41, 5.74) is 2.48. The molecule has 1 fully saturated rings. The highest BCUT2D eigenvalue weighted by Crippen LogP contribution is 2.30. The molecule has 0 radical (unpaired) electrons. The Balaban J connectivity index is 1.81. The first-order valence-corrected chi connectivity index (χ1v) is 9.51. The lowest BCUT2D eigenvalue weighted by Crippen LogP contribution is -2.42. The number of hydrogen-bond acceptors (Lipinski definition) is 5. The van der Waals surface area contributed by atoms with Crippen molar-refractivity contribution in [1.29, 1.82) is 0 Å². The SMILES string of the molecule is O=C1C(Nc2ccc(I)cc2)=C(N2CCOCC2)C(=O)c2ccccc21. The number of rotatable bonds is 3. The summed E-state index contributed by atoms with van der Waals surface area (Å²) in [5.74, 6) is -0.268. The van der Waals surface area contributed by atoms with E-state index in [4.69, 9.17) is 4.74 Å². The van der Waals surface area contributed by atoms with Crippen molar-refractivity contribution in [1.82, 2.24) is 4.90 Å². The van der Waals surface area contributed by atoms with Gasteiger partial charge < -0.3 is 15.0 Å². The molecule has 0 amide bonds. The molecule has 0 spiro atoms. The molecule has 2 aromatic rings. The summed E-state index contributed by atoms with van der Waals surface area (Å²) >= 11 is 2.23. The van der Waals surface area contributed by atoms with Gasteiger partial charge in [-0.2, -0.15) is 0 Å². The number of ketones is 2. The van der Waals surface area contributed by atoms with Crippen molar-refractivity contribution in [2.75, 3.05) is 31.6 Å². The van der Waals surface area contributed by atoms with Crippen LogP contribution in [0, 0.1) is 3.57 Å². The Morgan fingerprint density at radius 2 is 1.50 bits per heavy atom. The van der Waals surface area contributed by atoms with Crippen LogP contribution < -0.4 is 5.32 Å². The van der Waals surface area contributed by atoms with Gasteiger partial charge in [0.25, 0.3) is 0 Å². The van der Waals surface area contributed by atoms with Gasteiger partial charge in [-0.3, -0.25) is 9.59 Å². The Morgan fingerprint density at radius 1 is 0.885 bits per heavy atom. The smallest absolute Gasteiger partial charge is 0.212 e. The van der Waals surface area contributed by atoms with Crippen LogP contribution in [0.15, 0.2) is 59.9 Å². The number of hydrogen-bond donors (Lipinski definition) is 1. The predicted molar refractivity (Wildman–Crippen MR) is 107 cm³/mol. The lowest BCUT2D eigenvalue weighted by Gasteiger charge is -2.34. The van der Waals surface area contributed by atoms with Crippen molar-refractivity contribution >= 4 is 39.8 Å². The van der Waals surface area contributed by atoms with E-state index in [2.05, 4.69) is 27.9 Å². The van der Waals surface area contributed by atoms with Crippen molar-refractivity contribution in [3.8, 4) is 0 Å². The van der Waals surface area contributed by atoms with Crippen LogP contribution >= 0.6 is 22.6 Å². The molecular weight excluding hydrogens is 443 g/mol. The monoisotopic (exact) mass is 460 g/mol. The molecule has 1 saturated heterocycles. The molecule has 0 unspecified atom stereocenters. The number of anilines is 1. The molecule has 0 atom stereocenters. The van der Waals surface area contributed by atoms with E-state index < -0.39 is 0 Å². The maximum absolute atomic E-state index is 13.2. The highest BCUT2D eigenvalue weighted by molar-refractivity contribution is 14.1. The second kappa shape index (κ2) is 7.20. The number of nitrogens with zero attached hydrogens (tertiary/aromatic N) is 1. The zero-order valence-electron chi connectivity index (χ0n) is 14.0. The van der Waals surface area contributed by atoms with Gasteiger partial charge in [-0.1, -0.05) is 24.3 Å². The molecule has 1 N–H and O–H groups in total. The third-order valence-corrected chi connectivity index (χ3v) is 5.26. The zero-order chi connectivity index (χ0) is 18.1. The molecular formula is C20H17IN2O3. The van der Waals surface area contributed by atoms with Crippen molar-refractivity contribution < 1.29 is 14.3 Å². The van der Waals surface area contributed by atoms with Crippen LogP contribution in [0.3, 0.4) is 0 Å². The van der Waals surface area contributed by atoms with E-state index in [1.54, 1.807) is 24.3 Å². The second-order valence-electron chi connectivity index (χ2n) is 6.16. The normalized spacial score (nSPS) is 17.3. The highest BCUT2D eigenvalue weighted by Gasteiger charge is 2.35. The average molecular weight is 460 g/mol. The number of carbonyl (C=O) groups is 2. The molecule has 4 rings (SSSR count). The van der Waals surface area contributed by atoms with E-state index in [0.717, 1.165) is 9.26 Å². The van der Waals surface area contributed by atoms with Gasteiger partial charge in [0.05, 0.1) is 13.2 Å². The first-order chi connectivity index (χ1) is 12.6. The maximum atomic E-state index is 13.2. The van der Waals surface area contributed by atoms with Crippen molar-refractivity contribution in [2.45, 2.75) is 0 Å². The Labute approximate surface area is 165 Å². The van der Waals surface area contributed by atoms with E-state index in [0.29, 0.717) is 48.8 Å². The number of Topliss-reactive ketones (excluding diaryl/α,β-unsaturated/α-hetero) is 2. The average Bonchev–Trinajstić information content (AvgIpc) is 2.68. The summed E-state index contributed by atoms with van der Waals surface area (Å²) in [6.07, 6.45) is 0. The molecule has 1 aliphatic carbocycles. The van der Waals surface area contributed by atoms with Gasteiger partial charge in [0.1, 0.15) is 11.4 Å². The van der Waals surface area contributed by atoms with Crippen molar-refractivity contribution in [3.63, 3.8) is 0 Å². The van der Waals surface area contributed by atoms with E-state index >= 15 is 0 Å². The summed E-state index contributed by atoms with van der Waals surface area (Å²) in [7, 11) is 0. The Bertz CT molecular complexity index is 900. The Kier molecular flexibility index (Phi) is 4.78. The lowest BCUT2D eigenvalue weighted by atomic mass is 9.89. The Hall–Kier alpha value is -2.19. The molecule has 2 aliphatic rings. The lowest BCUT2D eigenvalue weighted by molar-refractivity contribution is 0.0496.